The molecule has 1 heterocycles. The van der Waals surface area contributed by atoms with E-state index in [1.54, 1.807) is 42.6 Å². The molecule has 2 aromatic carbocycles. The van der Waals surface area contributed by atoms with Crippen molar-refractivity contribution in [2.45, 2.75) is 12.3 Å². The third-order valence-corrected chi connectivity index (χ3v) is 4.24. The first kappa shape index (κ1) is 17.7. The van der Waals surface area contributed by atoms with Crippen LogP contribution in [0.25, 0.3) is 0 Å². The van der Waals surface area contributed by atoms with Crippen LogP contribution >= 0.6 is 11.6 Å². The van der Waals surface area contributed by atoms with Crippen LogP contribution in [0.2, 0.25) is 5.02 Å². The first-order valence-corrected chi connectivity index (χ1v) is 8.50. The highest BCUT2D eigenvalue weighted by molar-refractivity contribution is 6.30. The summed E-state index contributed by atoms with van der Waals surface area (Å²) in [4.78, 5) is 17.3. The zero-order chi connectivity index (χ0) is 18.4. The van der Waals surface area contributed by atoms with Crippen molar-refractivity contribution in [2.24, 2.45) is 0 Å². The second kappa shape index (κ2) is 8.28. The molecule has 128 valence electrons. The summed E-state index contributed by atoms with van der Waals surface area (Å²) >= 11 is 5.98. The number of rotatable bonds is 5. The molecule has 0 spiro atoms. The van der Waals surface area contributed by atoms with Gasteiger partial charge in [-0.1, -0.05) is 35.9 Å². The lowest BCUT2D eigenvalue weighted by Crippen LogP contribution is -2.23. The Morgan fingerprint density at radius 2 is 1.92 bits per heavy atom. The lowest BCUT2D eigenvalue weighted by molar-refractivity contribution is -0.117. The van der Waals surface area contributed by atoms with E-state index in [4.69, 9.17) is 16.9 Å². The van der Waals surface area contributed by atoms with Gasteiger partial charge in [-0.15, -0.1) is 0 Å². The summed E-state index contributed by atoms with van der Waals surface area (Å²) in [6.07, 6.45) is 2.18. The molecule has 0 aliphatic heterocycles. The third-order valence-electron chi connectivity index (χ3n) is 3.99. The second-order valence-electron chi connectivity index (χ2n) is 5.81. The Hall–Kier alpha value is -3.16. The Kier molecular flexibility index (Phi) is 5.62. The molecule has 3 aromatic rings. The highest BCUT2D eigenvalue weighted by Crippen LogP contribution is 2.24. The molecule has 1 amide bonds. The van der Waals surface area contributed by atoms with E-state index < -0.39 is 5.92 Å². The number of hydrogen-bond acceptors (Lipinski definition) is 3. The molecule has 0 saturated heterocycles. The summed E-state index contributed by atoms with van der Waals surface area (Å²) in [5.74, 6) is -0.582. The normalized spacial score (nSPS) is 11.4. The van der Waals surface area contributed by atoms with Crippen LogP contribution < -0.4 is 5.32 Å². The van der Waals surface area contributed by atoms with Gasteiger partial charge in [0.2, 0.25) is 5.91 Å². The number of benzene rings is 2. The lowest BCUT2D eigenvalue weighted by Gasteiger charge is -2.17. The van der Waals surface area contributed by atoms with Crippen LogP contribution in [0.4, 0.5) is 5.69 Å². The number of hydrogen-bond donors (Lipinski definition) is 1. The lowest BCUT2D eigenvalue weighted by atomic mass is 9.93. The second-order valence-corrected chi connectivity index (χ2v) is 6.25. The highest BCUT2D eigenvalue weighted by Gasteiger charge is 2.22. The minimum absolute atomic E-state index is 0.159. The summed E-state index contributed by atoms with van der Waals surface area (Å²) in [5.41, 5.74) is 2.77. The van der Waals surface area contributed by atoms with Crippen molar-refractivity contribution in [1.29, 1.82) is 5.26 Å². The van der Waals surface area contributed by atoms with Gasteiger partial charge in [-0.3, -0.25) is 9.78 Å². The van der Waals surface area contributed by atoms with Gasteiger partial charge in [0.05, 0.1) is 17.6 Å². The maximum absolute atomic E-state index is 12.9. The quantitative estimate of drug-likeness (QED) is 0.723. The molecule has 0 radical (unpaired) electrons. The van der Waals surface area contributed by atoms with Crippen molar-refractivity contribution in [3.05, 3.63) is 94.8 Å². The van der Waals surface area contributed by atoms with Crippen molar-refractivity contribution in [3.8, 4) is 6.07 Å². The number of carbonyl (C=O) groups excluding carboxylic acids is 1. The van der Waals surface area contributed by atoms with Crippen molar-refractivity contribution in [1.82, 2.24) is 4.98 Å². The van der Waals surface area contributed by atoms with Gasteiger partial charge in [-0.05, 0) is 48.0 Å². The van der Waals surface area contributed by atoms with Crippen molar-refractivity contribution in [2.75, 3.05) is 5.32 Å². The van der Waals surface area contributed by atoms with E-state index in [1.807, 2.05) is 30.3 Å². The van der Waals surface area contributed by atoms with E-state index in [1.165, 1.54) is 0 Å². The molecule has 5 heteroatoms. The Morgan fingerprint density at radius 3 is 2.62 bits per heavy atom. The van der Waals surface area contributed by atoms with Gasteiger partial charge >= 0.3 is 0 Å². The van der Waals surface area contributed by atoms with Gasteiger partial charge in [0, 0.05) is 29.0 Å². The predicted octanol–water partition coefficient (Wildman–Crippen LogP) is 4.57. The Bertz CT molecular complexity index is 933. The number of nitrogens with one attached hydrogen (secondary N) is 1. The third kappa shape index (κ3) is 4.47. The fourth-order valence-corrected chi connectivity index (χ4v) is 2.81. The van der Waals surface area contributed by atoms with Crippen LogP contribution in [0, 0.1) is 11.3 Å². The number of aromatic nitrogens is 1. The molecule has 1 N–H and O–H groups in total. The van der Waals surface area contributed by atoms with Gasteiger partial charge in [0.1, 0.15) is 0 Å². The standard InChI is InChI=1S/C21H16ClN3O/c22-17-9-7-16(8-10-17)20(13-18-5-1-2-11-24-18)21(26)25-19-6-3-4-15(12-19)14-23/h1-12,20H,13H2,(H,25,26). The zero-order valence-electron chi connectivity index (χ0n) is 13.9. The number of halogens is 1. The molecule has 4 nitrogen and oxygen atoms in total. The Labute approximate surface area is 157 Å². The van der Waals surface area contributed by atoms with E-state index in [-0.39, 0.29) is 5.91 Å². The molecular formula is C21H16ClN3O. The van der Waals surface area contributed by atoms with Crippen molar-refractivity contribution >= 4 is 23.2 Å². The average Bonchev–Trinajstić information content (AvgIpc) is 2.68. The summed E-state index contributed by atoms with van der Waals surface area (Å²) in [6, 6.07) is 21.8. The van der Waals surface area contributed by atoms with Crippen LogP contribution in [0.5, 0.6) is 0 Å². The van der Waals surface area contributed by atoms with E-state index in [0.717, 1.165) is 11.3 Å². The van der Waals surface area contributed by atoms with Gasteiger partial charge in [0.15, 0.2) is 0 Å². The SMILES string of the molecule is N#Cc1cccc(NC(=O)C(Cc2ccccn2)c2ccc(Cl)cc2)c1. The molecule has 1 atom stereocenters. The number of nitrogens with zero attached hydrogens (tertiary/aromatic N) is 2. The molecule has 1 unspecified atom stereocenters. The number of amides is 1. The van der Waals surface area contributed by atoms with E-state index in [0.29, 0.717) is 22.7 Å². The summed E-state index contributed by atoms with van der Waals surface area (Å²) in [7, 11) is 0. The average molecular weight is 362 g/mol. The van der Waals surface area contributed by atoms with Crippen LogP contribution in [0.1, 0.15) is 22.7 Å². The molecule has 0 bridgehead atoms. The maximum Gasteiger partial charge on any atom is 0.232 e. The van der Waals surface area contributed by atoms with Crippen LogP contribution in [-0.2, 0) is 11.2 Å². The number of pyridine rings is 1. The molecule has 0 aliphatic rings. The van der Waals surface area contributed by atoms with Crippen molar-refractivity contribution in [3.63, 3.8) is 0 Å². The summed E-state index contributed by atoms with van der Waals surface area (Å²) in [6.45, 7) is 0. The zero-order valence-corrected chi connectivity index (χ0v) is 14.6. The fraction of sp³-hybridized carbons (Fsp3) is 0.0952. The molecule has 0 fully saturated rings. The molecule has 1 aromatic heterocycles. The first-order valence-electron chi connectivity index (χ1n) is 8.12. The molecule has 26 heavy (non-hydrogen) atoms. The van der Waals surface area contributed by atoms with Gasteiger partial charge < -0.3 is 5.32 Å². The summed E-state index contributed by atoms with van der Waals surface area (Å²) < 4.78 is 0. The number of nitriles is 1. The van der Waals surface area contributed by atoms with E-state index >= 15 is 0 Å². The van der Waals surface area contributed by atoms with Crippen LogP contribution in [0.15, 0.2) is 72.9 Å². The fourth-order valence-electron chi connectivity index (χ4n) is 2.68. The molecule has 3 rings (SSSR count). The molecular weight excluding hydrogens is 346 g/mol. The van der Waals surface area contributed by atoms with Crippen LogP contribution in [-0.4, -0.2) is 10.9 Å². The number of carbonyl (C=O) groups is 1. The Morgan fingerprint density at radius 1 is 1.12 bits per heavy atom. The van der Waals surface area contributed by atoms with Gasteiger partial charge in [0.25, 0.3) is 0 Å². The van der Waals surface area contributed by atoms with Gasteiger partial charge in [-0.2, -0.15) is 5.26 Å². The smallest absolute Gasteiger partial charge is 0.232 e. The largest absolute Gasteiger partial charge is 0.326 e. The predicted molar refractivity (Wildman–Crippen MR) is 102 cm³/mol. The minimum Gasteiger partial charge on any atom is -0.326 e. The topological polar surface area (TPSA) is 65.8 Å². The van der Waals surface area contributed by atoms with Crippen molar-refractivity contribution < 1.29 is 4.79 Å². The molecule has 0 aliphatic carbocycles. The Balaban J connectivity index is 1.87. The maximum atomic E-state index is 12.9. The van der Waals surface area contributed by atoms with Gasteiger partial charge in [-0.25, -0.2) is 0 Å². The monoisotopic (exact) mass is 361 g/mol. The molecule has 0 saturated carbocycles. The highest BCUT2D eigenvalue weighted by atomic mass is 35.5. The summed E-state index contributed by atoms with van der Waals surface area (Å²) in [5, 5.41) is 12.5. The first-order chi connectivity index (χ1) is 12.7. The van der Waals surface area contributed by atoms with Crippen LogP contribution in [0.3, 0.4) is 0 Å². The number of anilines is 1. The minimum atomic E-state index is -0.423. The van der Waals surface area contributed by atoms with E-state index in [2.05, 4.69) is 16.4 Å². The van der Waals surface area contributed by atoms with E-state index in [9.17, 15) is 4.79 Å².